The molecule has 2 rings (SSSR count). The number of benzene rings is 1. The number of phenolic OH excluding ortho intramolecular Hbond substituents is 1. The van der Waals surface area contributed by atoms with Gasteiger partial charge in [-0.05, 0) is 35.9 Å². The summed E-state index contributed by atoms with van der Waals surface area (Å²) in [5.41, 5.74) is 1.39. The molecule has 1 aliphatic heterocycles. The van der Waals surface area contributed by atoms with E-state index in [2.05, 4.69) is 0 Å². The number of allylic oxidation sites excluding steroid dienone is 2. The van der Waals surface area contributed by atoms with E-state index in [1.54, 1.807) is 24.3 Å². The molecule has 0 atom stereocenters. The minimum atomic E-state index is -0.983. The van der Waals surface area contributed by atoms with Gasteiger partial charge in [0.1, 0.15) is 5.75 Å². The summed E-state index contributed by atoms with van der Waals surface area (Å²) < 4.78 is 0. The molecule has 0 radical (unpaired) electrons. The molecule has 0 bridgehead atoms. The molecule has 0 aliphatic carbocycles. The minimum Gasteiger partial charge on any atom is -0.508 e. The van der Waals surface area contributed by atoms with Crippen molar-refractivity contribution in [2.75, 3.05) is 6.54 Å². The zero-order valence-corrected chi connectivity index (χ0v) is 8.50. The highest BCUT2D eigenvalue weighted by atomic mass is 16.4. The molecule has 4 nitrogen and oxygen atoms in total. The van der Waals surface area contributed by atoms with Gasteiger partial charge < -0.3 is 10.2 Å². The van der Waals surface area contributed by atoms with Gasteiger partial charge in [-0.3, -0.25) is 4.90 Å². The predicted octanol–water partition coefficient (Wildman–Crippen LogP) is 2.28. The van der Waals surface area contributed by atoms with Crippen molar-refractivity contribution in [2.24, 2.45) is 0 Å². The fourth-order valence-corrected chi connectivity index (χ4v) is 1.58. The Hall–Kier alpha value is -2.23. The Bertz CT molecular complexity index is 460. The van der Waals surface area contributed by atoms with Crippen LogP contribution < -0.4 is 0 Å². The van der Waals surface area contributed by atoms with Gasteiger partial charge in [-0.1, -0.05) is 12.2 Å². The monoisotopic (exact) mass is 217 g/mol. The molecular weight excluding hydrogens is 206 g/mol. The summed E-state index contributed by atoms with van der Waals surface area (Å²) in [7, 11) is 0. The molecule has 0 saturated heterocycles. The van der Waals surface area contributed by atoms with Gasteiger partial charge >= 0.3 is 6.09 Å². The highest BCUT2D eigenvalue weighted by Crippen LogP contribution is 2.23. The van der Waals surface area contributed by atoms with E-state index in [1.807, 2.05) is 6.08 Å². The van der Waals surface area contributed by atoms with Gasteiger partial charge in [-0.2, -0.15) is 0 Å². The van der Waals surface area contributed by atoms with Gasteiger partial charge in [0.15, 0.2) is 0 Å². The maximum absolute atomic E-state index is 11.0. The van der Waals surface area contributed by atoms with E-state index >= 15 is 0 Å². The summed E-state index contributed by atoms with van der Waals surface area (Å²) in [5.74, 6) is 0.164. The van der Waals surface area contributed by atoms with E-state index in [4.69, 9.17) is 10.2 Å². The predicted molar refractivity (Wildman–Crippen MR) is 60.0 cm³/mol. The first-order valence-electron chi connectivity index (χ1n) is 4.85. The summed E-state index contributed by atoms with van der Waals surface area (Å²) in [4.78, 5) is 12.3. The van der Waals surface area contributed by atoms with Crippen molar-refractivity contribution in [2.45, 2.75) is 0 Å². The molecule has 1 heterocycles. The maximum atomic E-state index is 11.0. The first-order chi connectivity index (χ1) is 7.68. The standard InChI is InChI=1S/C12H11NO3/c14-10-6-4-9(5-7-10)11-3-1-2-8-13(11)12(15)16/h1-7,14H,8H2,(H,15,16). The summed E-state index contributed by atoms with van der Waals surface area (Å²) in [6.45, 7) is 0.349. The molecule has 82 valence electrons. The Labute approximate surface area is 92.7 Å². The van der Waals surface area contributed by atoms with Crippen LogP contribution in [-0.4, -0.2) is 27.8 Å². The van der Waals surface area contributed by atoms with Crippen LogP contribution in [-0.2, 0) is 0 Å². The number of rotatable bonds is 1. The fourth-order valence-electron chi connectivity index (χ4n) is 1.58. The smallest absolute Gasteiger partial charge is 0.412 e. The number of carbonyl (C=O) groups is 1. The van der Waals surface area contributed by atoms with Crippen LogP contribution in [0.2, 0.25) is 0 Å². The number of phenols is 1. The number of hydrogen-bond acceptors (Lipinski definition) is 2. The van der Waals surface area contributed by atoms with Crippen molar-refractivity contribution >= 4 is 11.8 Å². The van der Waals surface area contributed by atoms with Crippen molar-refractivity contribution in [1.82, 2.24) is 4.90 Å². The first kappa shape index (κ1) is 10.3. The van der Waals surface area contributed by atoms with Crippen LogP contribution in [0, 0.1) is 0 Å². The van der Waals surface area contributed by atoms with Gasteiger partial charge in [-0.25, -0.2) is 4.79 Å². The van der Waals surface area contributed by atoms with Crippen molar-refractivity contribution in [3.05, 3.63) is 48.1 Å². The summed E-state index contributed by atoms with van der Waals surface area (Å²) in [6.07, 6.45) is 4.35. The Kier molecular flexibility index (Phi) is 2.64. The van der Waals surface area contributed by atoms with Gasteiger partial charge in [0.05, 0.1) is 5.70 Å². The van der Waals surface area contributed by atoms with Gasteiger partial charge in [0.2, 0.25) is 0 Å². The highest BCUT2D eigenvalue weighted by molar-refractivity contribution is 5.82. The number of aromatic hydroxyl groups is 1. The van der Waals surface area contributed by atoms with Crippen molar-refractivity contribution < 1.29 is 15.0 Å². The largest absolute Gasteiger partial charge is 0.508 e. The van der Waals surface area contributed by atoms with Crippen LogP contribution in [0.4, 0.5) is 4.79 Å². The topological polar surface area (TPSA) is 60.8 Å². The van der Waals surface area contributed by atoms with Gasteiger partial charge in [0, 0.05) is 6.54 Å². The van der Waals surface area contributed by atoms with Crippen LogP contribution >= 0.6 is 0 Å². The molecule has 1 amide bonds. The number of hydrogen-bond donors (Lipinski definition) is 2. The summed E-state index contributed by atoms with van der Waals surface area (Å²) in [6, 6.07) is 6.45. The second-order valence-corrected chi connectivity index (χ2v) is 3.42. The Morgan fingerprint density at radius 3 is 2.56 bits per heavy atom. The molecule has 0 aromatic heterocycles. The van der Waals surface area contributed by atoms with Crippen molar-refractivity contribution in [3.63, 3.8) is 0 Å². The second-order valence-electron chi connectivity index (χ2n) is 3.42. The number of amides is 1. The summed E-state index contributed by atoms with van der Waals surface area (Å²) in [5, 5.41) is 18.2. The van der Waals surface area contributed by atoms with Crippen molar-refractivity contribution in [1.29, 1.82) is 0 Å². The van der Waals surface area contributed by atoms with E-state index in [0.29, 0.717) is 12.2 Å². The average Bonchev–Trinajstić information content (AvgIpc) is 2.30. The normalized spacial score (nSPS) is 14.8. The molecule has 0 unspecified atom stereocenters. The van der Waals surface area contributed by atoms with E-state index in [9.17, 15) is 4.79 Å². The van der Waals surface area contributed by atoms with E-state index < -0.39 is 6.09 Å². The lowest BCUT2D eigenvalue weighted by molar-refractivity contribution is 0.169. The zero-order chi connectivity index (χ0) is 11.5. The average molecular weight is 217 g/mol. The van der Waals surface area contributed by atoms with Crippen LogP contribution in [0.15, 0.2) is 42.5 Å². The second kappa shape index (κ2) is 4.10. The third-order valence-corrected chi connectivity index (χ3v) is 2.36. The van der Waals surface area contributed by atoms with Crippen LogP contribution in [0.25, 0.3) is 5.70 Å². The van der Waals surface area contributed by atoms with Crippen molar-refractivity contribution in [3.8, 4) is 5.75 Å². The third kappa shape index (κ3) is 1.91. The SMILES string of the molecule is O=C(O)N1CC=CC=C1c1ccc(O)cc1. The van der Waals surface area contributed by atoms with Crippen LogP contribution in [0.5, 0.6) is 5.75 Å². The Morgan fingerprint density at radius 2 is 1.94 bits per heavy atom. The van der Waals surface area contributed by atoms with E-state index in [-0.39, 0.29) is 5.75 Å². The first-order valence-corrected chi connectivity index (χ1v) is 4.85. The molecule has 0 spiro atoms. The Morgan fingerprint density at radius 1 is 1.25 bits per heavy atom. The quantitative estimate of drug-likeness (QED) is 0.758. The van der Waals surface area contributed by atoms with Crippen LogP contribution in [0.1, 0.15) is 5.56 Å². The highest BCUT2D eigenvalue weighted by Gasteiger charge is 2.18. The molecule has 16 heavy (non-hydrogen) atoms. The van der Waals surface area contributed by atoms with Gasteiger partial charge in [-0.15, -0.1) is 0 Å². The molecule has 2 N–H and O–H groups in total. The molecule has 1 aliphatic rings. The lowest BCUT2D eigenvalue weighted by Crippen LogP contribution is -2.29. The van der Waals surface area contributed by atoms with E-state index in [0.717, 1.165) is 5.56 Å². The Balaban J connectivity index is 2.37. The molecule has 4 heteroatoms. The van der Waals surface area contributed by atoms with Gasteiger partial charge in [0.25, 0.3) is 0 Å². The molecular formula is C12H11NO3. The third-order valence-electron chi connectivity index (χ3n) is 2.36. The fraction of sp³-hybridized carbons (Fsp3) is 0.0833. The van der Waals surface area contributed by atoms with Crippen LogP contribution in [0.3, 0.4) is 0 Å². The maximum Gasteiger partial charge on any atom is 0.412 e. The minimum absolute atomic E-state index is 0.164. The molecule has 0 fully saturated rings. The summed E-state index contributed by atoms with van der Waals surface area (Å²) >= 11 is 0. The number of carboxylic acid groups (broad SMARTS) is 1. The molecule has 1 aromatic carbocycles. The number of nitrogens with zero attached hydrogens (tertiary/aromatic N) is 1. The molecule has 0 saturated carbocycles. The lowest BCUT2D eigenvalue weighted by Gasteiger charge is -2.23. The zero-order valence-electron chi connectivity index (χ0n) is 8.50. The molecule has 1 aromatic rings. The lowest BCUT2D eigenvalue weighted by atomic mass is 10.1. The van der Waals surface area contributed by atoms with E-state index in [1.165, 1.54) is 17.0 Å².